The highest BCUT2D eigenvalue weighted by molar-refractivity contribution is 5.98. The number of carbonyl (C=O) groups is 4. The lowest BCUT2D eigenvalue weighted by Gasteiger charge is -2.14. The standard InChI is InChI=1S/C19H18FN3O5/c1-11(18(26)23-13-8-6-12(7-9-13)17(21)25)28-16(24)10-22-19(27)14-4-2-3-5-15(14)20/h2-9,11H,10H2,1H3,(H2,21,25)(H,22,27)(H,23,26)/t11-/m1/s1. The molecule has 0 fully saturated rings. The Morgan fingerprint density at radius 2 is 1.71 bits per heavy atom. The average Bonchev–Trinajstić information content (AvgIpc) is 2.66. The van der Waals surface area contributed by atoms with Crippen LogP contribution in [0.1, 0.15) is 27.6 Å². The molecule has 8 nitrogen and oxygen atoms in total. The number of carbonyl (C=O) groups excluding carboxylic acids is 4. The number of esters is 1. The van der Waals surface area contributed by atoms with Crippen molar-refractivity contribution < 1.29 is 28.3 Å². The number of benzene rings is 2. The van der Waals surface area contributed by atoms with Crippen molar-refractivity contribution in [1.82, 2.24) is 5.32 Å². The van der Waals surface area contributed by atoms with Gasteiger partial charge in [0.1, 0.15) is 12.4 Å². The lowest BCUT2D eigenvalue weighted by atomic mass is 10.2. The summed E-state index contributed by atoms with van der Waals surface area (Å²) in [6.07, 6.45) is -1.14. The van der Waals surface area contributed by atoms with E-state index in [1.807, 2.05) is 0 Å². The molecule has 0 saturated carbocycles. The van der Waals surface area contributed by atoms with Crippen LogP contribution in [-0.4, -0.2) is 36.3 Å². The zero-order chi connectivity index (χ0) is 20.7. The Kier molecular flexibility index (Phi) is 6.80. The summed E-state index contributed by atoms with van der Waals surface area (Å²) in [4.78, 5) is 46.7. The van der Waals surface area contributed by atoms with Crippen molar-refractivity contribution in [3.63, 3.8) is 0 Å². The van der Waals surface area contributed by atoms with Crippen LogP contribution in [0, 0.1) is 5.82 Å². The van der Waals surface area contributed by atoms with E-state index in [0.717, 1.165) is 6.07 Å². The van der Waals surface area contributed by atoms with Crippen molar-refractivity contribution in [3.8, 4) is 0 Å². The Labute approximate surface area is 159 Å². The number of amides is 3. The molecule has 3 amide bonds. The Hall–Kier alpha value is -3.75. The first kappa shape index (κ1) is 20.6. The molecular formula is C19H18FN3O5. The normalized spacial score (nSPS) is 11.2. The van der Waals surface area contributed by atoms with Gasteiger partial charge in [0.2, 0.25) is 5.91 Å². The molecule has 0 aliphatic carbocycles. The summed E-state index contributed by atoms with van der Waals surface area (Å²) in [6.45, 7) is 0.821. The van der Waals surface area contributed by atoms with E-state index in [4.69, 9.17) is 10.5 Å². The first-order valence-electron chi connectivity index (χ1n) is 8.21. The van der Waals surface area contributed by atoms with Crippen LogP contribution in [0.3, 0.4) is 0 Å². The van der Waals surface area contributed by atoms with E-state index in [0.29, 0.717) is 5.69 Å². The van der Waals surface area contributed by atoms with Gasteiger partial charge >= 0.3 is 5.97 Å². The van der Waals surface area contributed by atoms with E-state index >= 15 is 0 Å². The molecule has 0 bridgehead atoms. The van der Waals surface area contributed by atoms with Gasteiger partial charge in [0, 0.05) is 11.3 Å². The van der Waals surface area contributed by atoms with Crippen molar-refractivity contribution in [1.29, 1.82) is 0 Å². The zero-order valence-corrected chi connectivity index (χ0v) is 14.9. The van der Waals surface area contributed by atoms with Crippen LogP contribution in [0.4, 0.5) is 10.1 Å². The Balaban J connectivity index is 1.82. The lowest BCUT2D eigenvalue weighted by Crippen LogP contribution is -2.36. The molecule has 2 rings (SSSR count). The van der Waals surface area contributed by atoms with E-state index in [-0.39, 0.29) is 11.1 Å². The molecule has 0 heterocycles. The quantitative estimate of drug-likeness (QED) is 0.616. The number of anilines is 1. The summed E-state index contributed by atoms with van der Waals surface area (Å²) < 4.78 is 18.4. The maximum Gasteiger partial charge on any atom is 0.326 e. The summed E-state index contributed by atoms with van der Waals surface area (Å²) in [7, 11) is 0. The van der Waals surface area contributed by atoms with Crippen LogP contribution in [0.5, 0.6) is 0 Å². The van der Waals surface area contributed by atoms with E-state index in [2.05, 4.69) is 10.6 Å². The van der Waals surface area contributed by atoms with Crippen LogP contribution >= 0.6 is 0 Å². The van der Waals surface area contributed by atoms with Crippen LogP contribution in [-0.2, 0) is 14.3 Å². The van der Waals surface area contributed by atoms with Crippen molar-refractivity contribution in [3.05, 3.63) is 65.5 Å². The first-order valence-corrected chi connectivity index (χ1v) is 8.21. The highest BCUT2D eigenvalue weighted by Crippen LogP contribution is 2.10. The van der Waals surface area contributed by atoms with Crippen LogP contribution in [0.25, 0.3) is 0 Å². The second-order valence-electron chi connectivity index (χ2n) is 5.73. The van der Waals surface area contributed by atoms with E-state index in [1.54, 1.807) is 0 Å². The van der Waals surface area contributed by atoms with Crippen molar-refractivity contribution in [2.75, 3.05) is 11.9 Å². The van der Waals surface area contributed by atoms with Crippen molar-refractivity contribution in [2.45, 2.75) is 13.0 Å². The molecule has 0 aliphatic rings. The molecule has 1 atom stereocenters. The number of nitrogens with one attached hydrogen (secondary N) is 2. The summed E-state index contributed by atoms with van der Waals surface area (Å²) in [5.41, 5.74) is 5.58. The Morgan fingerprint density at radius 1 is 1.07 bits per heavy atom. The number of hydrogen-bond acceptors (Lipinski definition) is 5. The third-order valence-corrected chi connectivity index (χ3v) is 3.63. The fraction of sp³-hybridized carbons (Fsp3) is 0.158. The summed E-state index contributed by atoms with van der Waals surface area (Å²) in [5, 5.41) is 4.73. The van der Waals surface area contributed by atoms with Gasteiger partial charge in [0.25, 0.3) is 11.8 Å². The fourth-order valence-corrected chi connectivity index (χ4v) is 2.15. The fourth-order valence-electron chi connectivity index (χ4n) is 2.15. The number of nitrogens with two attached hydrogens (primary N) is 1. The number of ether oxygens (including phenoxy) is 1. The van der Waals surface area contributed by atoms with Gasteiger partial charge in [0.05, 0.1) is 5.56 Å². The van der Waals surface area contributed by atoms with Crippen molar-refractivity contribution in [2.24, 2.45) is 5.73 Å². The molecule has 0 aromatic heterocycles. The molecule has 0 saturated heterocycles. The number of rotatable bonds is 7. The topological polar surface area (TPSA) is 128 Å². The number of hydrogen-bond donors (Lipinski definition) is 3. The molecule has 0 aliphatic heterocycles. The van der Waals surface area contributed by atoms with Crippen LogP contribution < -0.4 is 16.4 Å². The smallest absolute Gasteiger partial charge is 0.326 e. The largest absolute Gasteiger partial charge is 0.451 e. The molecule has 0 radical (unpaired) electrons. The summed E-state index contributed by atoms with van der Waals surface area (Å²) in [5.74, 6) is -3.57. The number of halogens is 1. The molecular weight excluding hydrogens is 369 g/mol. The first-order chi connectivity index (χ1) is 13.3. The lowest BCUT2D eigenvalue weighted by molar-refractivity contribution is -0.152. The SMILES string of the molecule is C[C@@H](OC(=O)CNC(=O)c1ccccc1F)C(=O)Nc1ccc(C(N)=O)cc1. The molecule has 9 heteroatoms. The Morgan fingerprint density at radius 3 is 2.32 bits per heavy atom. The summed E-state index contributed by atoms with van der Waals surface area (Å²) in [6, 6.07) is 11.1. The highest BCUT2D eigenvalue weighted by atomic mass is 19.1. The van der Waals surface area contributed by atoms with Gasteiger partial charge in [-0.15, -0.1) is 0 Å². The van der Waals surface area contributed by atoms with Crippen molar-refractivity contribution >= 4 is 29.4 Å². The third kappa shape index (κ3) is 5.63. The van der Waals surface area contributed by atoms with Gasteiger partial charge in [0.15, 0.2) is 6.10 Å². The molecule has 146 valence electrons. The zero-order valence-electron chi connectivity index (χ0n) is 14.9. The maximum absolute atomic E-state index is 13.5. The van der Waals surface area contributed by atoms with Gasteiger partial charge in [-0.3, -0.25) is 19.2 Å². The predicted octanol–water partition coefficient (Wildman–Crippen LogP) is 1.22. The number of primary amides is 1. The summed E-state index contributed by atoms with van der Waals surface area (Å²) >= 11 is 0. The highest BCUT2D eigenvalue weighted by Gasteiger charge is 2.19. The Bertz CT molecular complexity index is 899. The predicted molar refractivity (Wildman–Crippen MR) is 97.9 cm³/mol. The second kappa shape index (κ2) is 9.26. The molecule has 0 unspecified atom stereocenters. The molecule has 4 N–H and O–H groups in total. The van der Waals surface area contributed by atoms with E-state index in [9.17, 15) is 23.6 Å². The van der Waals surface area contributed by atoms with Gasteiger partial charge < -0.3 is 21.1 Å². The minimum Gasteiger partial charge on any atom is -0.451 e. The molecule has 28 heavy (non-hydrogen) atoms. The van der Waals surface area contributed by atoms with E-state index < -0.39 is 42.2 Å². The molecule has 2 aromatic rings. The monoisotopic (exact) mass is 387 g/mol. The third-order valence-electron chi connectivity index (χ3n) is 3.63. The second-order valence-corrected chi connectivity index (χ2v) is 5.73. The van der Waals surface area contributed by atoms with Gasteiger partial charge in [-0.2, -0.15) is 0 Å². The van der Waals surface area contributed by atoms with E-state index in [1.165, 1.54) is 49.4 Å². The maximum atomic E-state index is 13.5. The van der Waals surface area contributed by atoms with Gasteiger partial charge in [-0.1, -0.05) is 12.1 Å². The minimum atomic E-state index is -1.14. The molecule has 2 aromatic carbocycles. The average molecular weight is 387 g/mol. The molecule has 0 spiro atoms. The van der Waals surface area contributed by atoms with Crippen LogP contribution in [0.15, 0.2) is 48.5 Å². The van der Waals surface area contributed by atoms with Gasteiger partial charge in [-0.05, 0) is 43.3 Å². The minimum absolute atomic E-state index is 0.208. The van der Waals surface area contributed by atoms with Gasteiger partial charge in [-0.25, -0.2) is 4.39 Å². The van der Waals surface area contributed by atoms with Crippen LogP contribution in [0.2, 0.25) is 0 Å².